The average molecular weight is 463 g/mol. The highest BCUT2D eigenvalue weighted by Crippen LogP contribution is 2.36. The Kier molecular flexibility index (Phi) is 7.09. The third-order valence-electron chi connectivity index (χ3n) is 8.01. The van der Waals surface area contributed by atoms with Gasteiger partial charge in [-0.05, 0) is 66.5 Å². The number of fused-ring (bicyclic) bond motifs is 1. The van der Waals surface area contributed by atoms with Crippen LogP contribution in [0.2, 0.25) is 0 Å². The molecule has 2 saturated carbocycles. The molecule has 1 unspecified atom stereocenters. The van der Waals surface area contributed by atoms with Crippen LogP contribution in [0.1, 0.15) is 107 Å². The van der Waals surface area contributed by atoms with Gasteiger partial charge in [-0.2, -0.15) is 0 Å². The fourth-order valence-electron chi connectivity index (χ4n) is 6.19. The number of hydrogen-bond acceptors (Lipinski definition) is 5. The van der Waals surface area contributed by atoms with Crippen molar-refractivity contribution in [2.45, 2.75) is 109 Å². The van der Waals surface area contributed by atoms with Crippen molar-refractivity contribution in [3.63, 3.8) is 0 Å². The minimum atomic E-state index is 0.0215. The van der Waals surface area contributed by atoms with Crippen LogP contribution in [0.3, 0.4) is 0 Å². The van der Waals surface area contributed by atoms with E-state index in [2.05, 4.69) is 55.2 Å². The summed E-state index contributed by atoms with van der Waals surface area (Å²) >= 11 is 0. The van der Waals surface area contributed by atoms with Crippen molar-refractivity contribution in [1.29, 1.82) is 0 Å². The number of aromatic amines is 1. The molecule has 1 aromatic carbocycles. The van der Waals surface area contributed by atoms with Gasteiger partial charge in [0.15, 0.2) is 5.82 Å². The molecule has 1 N–H and O–H groups in total. The summed E-state index contributed by atoms with van der Waals surface area (Å²) in [5.74, 6) is 0.993. The summed E-state index contributed by atoms with van der Waals surface area (Å²) in [6.07, 6.45) is 13.0. The Bertz CT molecular complexity index is 1160. The molecule has 0 saturated heterocycles. The zero-order chi connectivity index (χ0) is 23.5. The zero-order valence-corrected chi connectivity index (χ0v) is 20.7. The van der Waals surface area contributed by atoms with Gasteiger partial charge in [-0.3, -0.25) is 9.69 Å². The fraction of sp³-hybridized carbons (Fsp3) is 0.630. The van der Waals surface area contributed by atoms with Crippen LogP contribution in [0, 0.1) is 6.92 Å². The van der Waals surface area contributed by atoms with Crippen molar-refractivity contribution in [3.05, 3.63) is 51.6 Å². The fourth-order valence-corrected chi connectivity index (χ4v) is 6.19. The van der Waals surface area contributed by atoms with Crippen LogP contribution in [-0.4, -0.2) is 36.1 Å². The van der Waals surface area contributed by atoms with Gasteiger partial charge in [0.1, 0.15) is 0 Å². The van der Waals surface area contributed by atoms with Gasteiger partial charge < -0.3 is 4.98 Å². The smallest absolute Gasteiger partial charge is 0.252 e. The predicted octanol–water partition coefficient (Wildman–Crippen LogP) is 5.61. The maximum Gasteiger partial charge on any atom is 0.252 e. The van der Waals surface area contributed by atoms with Crippen molar-refractivity contribution in [2.75, 3.05) is 0 Å². The molecule has 7 nitrogen and oxygen atoms in total. The molecule has 2 fully saturated rings. The molecule has 0 amide bonds. The van der Waals surface area contributed by atoms with Crippen LogP contribution in [0.15, 0.2) is 29.1 Å². The Balaban J connectivity index is 1.54. The minimum absolute atomic E-state index is 0.0215. The number of benzene rings is 1. The molecule has 34 heavy (non-hydrogen) atoms. The summed E-state index contributed by atoms with van der Waals surface area (Å²) in [4.78, 5) is 19.0. The summed E-state index contributed by atoms with van der Waals surface area (Å²) in [6.45, 7) is 4.92. The molecule has 0 spiro atoms. The molecule has 0 aliphatic heterocycles. The third-order valence-corrected chi connectivity index (χ3v) is 8.01. The Morgan fingerprint density at radius 3 is 2.65 bits per heavy atom. The Morgan fingerprint density at radius 2 is 1.88 bits per heavy atom. The Labute approximate surface area is 201 Å². The lowest BCUT2D eigenvalue weighted by atomic mass is 9.91. The van der Waals surface area contributed by atoms with Gasteiger partial charge in [-0.25, -0.2) is 4.68 Å². The van der Waals surface area contributed by atoms with E-state index >= 15 is 0 Å². The lowest BCUT2D eigenvalue weighted by Gasteiger charge is -2.39. The van der Waals surface area contributed by atoms with Gasteiger partial charge in [0, 0.05) is 18.2 Å². The topological polar surface area (TPSA) is 79.7 Å². The van der Waals surface area contributed by atoms with E-state index in [1.807, 2.05) is 13.0 Å². The van der Waals surface area contributed by atoms with Crippen LogP contribution in [0.25, 0.3) is 10.9 Å². The summed E-state index contributed by atoms with van der Waals surface area (Å²) in [6, 6.07) is 9.28. The van der Waals surface area contributed by atoms with E-state index in [0.717, 1.165) is 53.5 Å². The van der Waals surface area contributed by atoms with Crippen LogP contribution in [-0.2, 0) is 6.54 Å². The second-order valence-electron chi connectivity index (χ2n) is 10.4. The largest absolute Gasteiger partial charge is 0.321 e. The maximum atomic E-state index is 13.2. The quantitative estimate of drug-likeness (QED) is 0.470. The SMILES string of the molecule is CCCC(c1nnnn1C1CCCC1)N(Cc1cc2cccc(C)c2[nH]c1=O)C1CCCCC1. The minimum Gasteiger partial charge on any atom is -0.321 e. The summed E-state index contributed by atoms with van der Waals surface area (Å²) in [7, 11) is 0. The lowest BCUT2D eigenvalue weighted by Crippen LogP contribution is -2.41. The average Bonchev–Trinajstić information content (AvgIpc) is 3.55. The molecule has 0 bridgehead atoms. The van der Waals surface area contributed by atoms with Crippen molar-refractivity contribution in [3.8, 4) is 0 Å². The molecule has 3 aromatic rings. The monoisotopic (exact) mass is 462 g/mol. The van der Waals surface area contributed by atoms with Crippen molar-refractivity contribution in [1.82, 2.24) is 30.1 Å². The van der Waals surface area contributed by atoms with Crippen molar-refractivity contribution < 1.29 is 0 Å². The van der Waals surface area contributed by atoms with E-state index in [9.17, 15) is 4.79 Å². The molecule has 2 aliphatic rings. The first kappa shape index (κ1) is 23.2. The molecule has 2 aliphatic carbocycles. The lowest BCUT2D eigenvalue weighted by molar-refractivity contribution is 0.0798. The molecule has 2 aromatic heterocycles. The maximum absolute atomic E-state index is 13.2. The molecular weight excluding hydrogens is 424 g/mol. The zero-order valence-electron chi connectivity index (χ0n) is 20.7. The molecule has 7 heteroatoms. The van der Waals surface area contributed by atoms with Crippen LogP contribution >= 0.6 is 0 Å². The first-order valence-electron chi connectivity index (χ1n) is 13.3. The number of H-pyrrole nitrogens is 1. The molecular formula is C27H38N6O. The number of aryl methyl sites for hydroxylation is 1. The van der Waals surface area contributed by atoms with Crippen LogP contribution in [0.5, 0.6) is 0 Å². The summed E-state index contributed by atoms with van der Waals surface area (Å²) in [5.41, 5.74) is 2.90. The number of para-hydroxylation sites is 1. The van der Waals surface area contributed by atoms with Gasteiger partial charge in [0.2, 0.25) is 0 Å². The standard InChI is InChI=1S/C27H38N6O/c1-3-10-24(26-29-30-31-33(26)23-15-7-8-16-23)32(22-13-5-4-6-14-22)18-21-17-20-12-9-11-19(2)25(20)28-27(21)34/h9,11-12,17,22-24H,3-8,10,13-16,18H2,1-2H3,(H,28,34). The number of rotatable bonds is 8. The van der Waals surface area contributed by atoms with E-state index in [4.69, 9.17) is 0 Å². The van der Waals surface area contributed by atoms with E-state index in [1.54, 1.807) is 0 Å². The summed E-state index contributed by atoms with van der Waals surface area (Å²) < 4.78 is 2.12. The molecule has 0 radical (unpaired) electrons. The Hall–Kier alpha value is -2.54. The number of pyridine rings is 1. The van der Waals surface area contributed by atoms with Gasteiger partial charge in [0.05, 0.1) is 17.6 Å². The molecule has 182 valence electrons. The molecule has 5 rings (SSSR count). The van der Waals surface area contributed by atoms with Gasteiger partial charge in [-0.15, -0.1) is 5.10 Å². The van der Waals surface area contributed by atoms with E-state index in [-0.39, 0.29) is 11.6 Å². The number of aromatic nitrogens is 5. The number of nitrogens with one attached hydrogen (secondary N) is 1. The molecule has 2 heterocycles. The van der Waals surface area contributed by atoms with Crippen LogP contribution in [0.4, 0.5) is 0 Å². The van der Waals surface area contributed by atoms with E-state index in [1.165, 1.54) is 44.9 Å². The molecule has 1 atom stereocenters. The van der Waals surface area contributed by atoms with Gasteiger partial charge >= 0.3 is 0 Å². The highest BCUT2D eigenvalue weighted by molar-refractivity contribution is 5.81. The number of tetrazole rings is 1. The first-order valence-corrected chi connectivity index (χ1v) is 13.3. The van der Waals surface area contributed by atoms with Crippen LogP contribution < -0.4 is 5.56 Å². The highest BCUT2D eigenvalue weighted by atomic mass is 16.1. The van der Waals surface area contributed by atoms with Gasteiger partial charge in [0.25, 0.3) is 5.56 Å². The highest BCUT2D eigenvalue weighted by Gasteiger charge is 2.34. The second kappa shape index (κ2) is 10.4. The third kappa shape index (κ3) is 4.67. The number of hydrogen-bond donors (Lipinski definition) is 1. The second-order valence-corrected chi connectivity index (χ2v) is 10.4. The van der Waals surface area contributed by atoms with Gasteiger partial charge in [-0.1, -0.05) is 63.6 Å². The van der Waals surface area contributed by atoms with E-state index in [0.29, 0.717) is 18.6 Å². The predicted molar refractivity (Wildman–Crippen MR) is 135 cm³/mol. The summed E-state index contributed by atoms with van der Waals surface area (Å²) in [5, 5.41) is 14.3. The van der Waals surface area contributed by atoms with E-state index < -0.39 is 0 Å². The van der Waals surface area contributed by atoms with Crippen molar-refractivity contribution >= 4 is 10.9 Å². The normalized spacial score (nSPS) is 18.8. The van der Waals surface area contributed by atoms with Crippen molar-refractivity contribution in [2.24, 2.45) is 0 Å². The Morgan fingerprint density at radius 1 is 1.12 bits per heavy atom. The first-order chi connectivity index (χ1) is 16.7. The number of nitrogens with zero attached hydrogens (tertiary/aromatic N) is 5.